The summed E-state index contributed by atoms with van der Waals surface area (Å²) in [7, 11) is 1.48. The first-order valence-corrected chi connectivity index (χ1v) is 7.53. The molecule has 2 rings (SSSR count). The molecular weight excluding hydrogens is 367 g/mol. The zero-order chi connectivity index (χ0) is 20.0. The summed E-state index contributed by atoms with van der Waals surface area (Å²) in [4.78, 5) is 34.7. The van der Waals surface area contributed by atoms with Gasteiger partial charge in [-0.05, 0) is 48.5 Å². The molecule has 2 aromatic rings. The van der Waals surface area contributed by atoms with Gasteiger partial charge in [0.05, 0.1) is 12.7 Å². The number of Topliss-reactive ketones (excluding diaryl/α,β-unsaturated/α-hetero) is 1. The molecule has 0 fully saturated rings. The molecule has 142 valence electrons. The monoisotopic (exact) mass is 381 g/mol. The number of nitrogens with one attached hydrogen (secondary N) is 1. The summed E-state index contributed by atoms with van der Waals surface area (Å²) in [5, 5.41) is 1.65. The molecule has 9 heteroatoms. The number of carbonyl (C=O) groups excluding carboxylic acids is 3. The molecule has 0 aliphatic carbocycles. The van der Waals surface area contributed by atoms with E-state index in [1.165, 1.54) is 31.4 Å². The maximum Gasteiger partial charge on any atom is 0.471 e. The highest BCUT2D eigenvalue weighted by atomic mass is 19.4. The van der Waals surface area contributed by atoms with E-state index >= 15 is 0 Å². The van der Waals surface area contributed by atoms with Gasteiger partial charge < -0.3 is 14.8 Å². The molecule has 2 aromatic carbocycles. The van der Waals surface area contributed by atoms with Crippen LogP contribution in [-0.4, -0.2) is 37.6 Å². The fourth-order valence-corrected chi connectivity index (χ4v) is 1.97. The van der Waals surface area contributed by atoms with Crippen molar-refractivity contribution in [2.24, 2.45) is 0 Å². The molecule has 0 aliphatic heterocycles. The van der Waals surface area contributed by atoms with Crippen molar-refractivity contribution in [3.8, 4) is 5.75 Å². The normalized spacial score (nSPS) is 10.8. The zero-order valence-electron chi connectivity index (χ0n) is 14.0. The number of hydrogen-bond donors (Lipinski definition) is 1. The van der Waals surface area contributed by atoms with E-state index in [1.54, 1.807) is 17.4 Å². The van der Waals surface area contributed by atoms with Crippen LogP contribution < -0.4 is 10.1 Å². The Hall–Kier alpha value is -3.36. The molecule has 0 saturated carbocycles. The van der Waals surface area contributed by atoms with Gasteiger partial charge in [0.1, 0.15) is 5.75 Å². The van der Waals surface area contributed by atoms with Crippen LogP contribution in [0.15, 0.2) is 48.5 Å². The van der Waals surface area contributed by atoms with Crippen molar-refractivity contribution in [3.05, 3.63) is 59.7 Å². The second-order valence-corrected chi connectivity index (χ2v) is 5.26. The van der Waals surface area contributed by atoms with Crippen LogP contribution in [0.25, 0.3) is 0 Å². The van der Waals surface area contributed by atoms with Gasteiger partial charge in [-0.25, -0.2) is 4.79 Å². The number of ether oxygens (including phenoxy) is 2. The second-order valence-electron chi connectivity index (χ2n) is 5.26. The van der Waals surface area contributed by atoms with Gasteiger partial charge in [0.15, 0.2) is 12.4 Å². The largest absolute Gasteiger partial charge is 0.497 e. The van der Waals surface area contributed by atoms with Crippen LogP contribution in [0.5, 0.6) is 5.75 Å². The highest BCUT2D eigenvalue weighted by molar-refractivity contribution is 5.99. The molecule has 0 saturated heterocycles. The summed E-state index contributed by atoms with van der Waals surface area (Å²) in [5.74, 6) is -2.81. The molecule has 27 heavy (non-hydrogen) atoms. The lowest BCUT2D eigenvalue weighted by Gasteiger charge is -2.09. The molecule has 0 unspecified atom stereocenters. The topological polar surface area (TPSA) is 81.7 Å². The minimum atomic E-state index is -5.01. The van der Waals surface area contributed by atoms with Crippen LogP contribution in [0, 0.1) is 0 Å². The molecule has 1 N–H and O–H groups in total. The van der Waals surface area contributed by atoms with Gasteiger partial charge in [0, 0.05) is 11.3 Å². The van der Waals surface area contributed by atoms with Gasteiger partial charge in [-0.2, -0.15) is 13.2 Å². The summed E-state index contributed by atoms with van der Waals surface area (Å²) in [6, 6.07) is 10.8. The second kappa shape index (κ2) is 8.35. The molecule has 0 atom stereocenters. The Morgan fingerprint density at radius 2 is 1.48 bits per heavy atom. The van der Waals surface area contributed by atoms with E-state index in [2.05, 4.69) is 0 Å². The third-order valence-corrected chi connectivity index (χ3v) is 3.38. The molecule has 1 amide bonds. The molecular formula is C18H14F3NO5. The minimum Gasteiger partial charge on any atom is -0.497 e. The van der Waals surface area contributed by atoms with Gasteiger partial charge in [0.25, 0.3) is 0 Å². The molecule has 0 aromatic heterocycles. The maximum absolute atomic E-state index is 12.2. The standard InChI is InChI=1S/C18H14F3NO5/c1-26-14-8-4-11(5-9-14)15(23)10-27-16(24)12-2-6-13(7-3-12)22-17(25)18(19,20)21/h2-9H,10H2,1H3,(H,22,25). The molecule has 0 heterocycles. The van der Waals surface area contributed by atoms with E-state index in [1.807, 2.05) is 0 Å². The van der Waals surface area contributed by atoms with Crippen molar-refractivity contribution in [1.82, 2.24) is 0 Å². The van der Waals surface area contributed by atoms with Crippen molar-refractivity contribution >= 4 is 23.3 Å². The molecule has 0 aliphatic rings. The maximum atomic E-state index is 12.2. The first-order valence-electron chi connectivity index (χ1n) is 7.53. The zero-order valence-corrected chi connectivity index (χ0v) is 14.0. The van der Waals surface area contributed by atoms with Crippen LogP contribution >= 0.6 is 0 Å². The predicted octanol–water partition coefficient (Wildman–Crippen LogP) is 3.24. The third kappa shape index (κ3) is 5.56. The Bertz CT molecular complexity index is 830. The van der Waals surface area contributed by atoms with Gasteiger partial charge in [-0.1, -0.05) is 0 Å². The van der Waals surface area contributed by atoms with Gasteiger partial charge in [0.2, 0.25) is 0 Å². The number of alkyl halides is 3. The van der Waals surface area contributed by atoms with Crippen molar-refractivity contribution in [1.29, 1.82) is 0 Å². The summed E-state index contributed by atoms with van der Waals surface area (Å²) in [6.45, 7) is -0.502. The third-order valence-electron chi connectivity index (χ3n) is 3.38. The molecule has 0 radical (unpaired) electrons. The van der Waals surface area contributed by atoms with E-state index in [0.717, 1.165) is 12.1 Å². The Balaban J connectivity index is 1.91. The Kier molecular flexibility index (Phi) is 6.17. The van der Waals surface area contributed by atoms with Crippen LogP contribution in [0.1, 0.15) is 20.7 Å². The number of carbonyl (C=O) groups is 3. The quantitative estimate of drug-likeness (QED) is 0.614. The lowest BCUT2D eigenvalue weighted by atomic mass is 10.1. The minimum absolute atomic E-state index is 0.0162. The van der Waals surface area contributed by atoms with Gasteiger partial charge in [-0.15, -0.1) is 0 Å². The number of amides is 1. The number of esters is 1. The summed E-state index contributed by atoms with van der Waals surface area (Å²) >= 11 is 0. The van der Waals surface area contributed by atoms with E-state index in [0.29, 0.717) is 11.3 Å². The Labute approximate surface area is 151 Å². The number of halogens is 3. The smallest absolute Gasteiger partial charge is 0.471 e. The number of methoxy groups -OCH3 is 1. The number of ketones is 1. The van der Waals surface area contributed by atoms with Gasteiger partial charge >= 0.3 is 18.1 Å². The first-order chi connectivity index (χ1) is 12.7. The van der Waals surface area contributed by atoms with E-state index in [-0.39, 0.29) is 11.3 Å². The summed E-state index contributed by atoms with van der Waals surface area (Å²) in [5.41, 5.74) is 0.208. The lowest BCUT2D eigenvalue weighted by molar-refractivity contribution is -0.167. The van der Waals surface area contributed by atoms with Crippen molar-refractivity contribution < 1.29 is 37.0 Å². The van der Waals surface area contributed by atoms with E-state index < -0.39 is 30.4 Å². The van der Waals surface area contributed by atoms with Crippen molar-refractivity contribution in [2.45, 2.75) is 6.18 Å². The average Bonchev–Trinajstić information content (AvgIpc) is 2.65. The highest BCUT2D eigenvalue weighted by Crippen LogP contribution is 2.19. The number of rotatable bonds is 6. The van der Waals surface area contributed by atoms with Crippen LogP contribution in [0.4, 0.5) is 18.9 Å². The average molecular weight is 381 g/mol. The predicted molar refractivity (Wildman–Crippen MR) is 88.7 cm³/mol. The fraction of sp³-hybridized carbons (Fsp3) is 0.167. The number of anilines is 1. The molecule has 6 nitrogen and oxygen atoms in total. The first kappa shape index (κ1) is 20.0. The number of benzene rings is 2. The highest BCUT2D eigenvalue weighted by Gasteiger charge is 2.38. The van der Waals surface area contributed by atoms with Crippen LogP contribution in [-0.2, 0) is 9.53 Å². The lowest BCUT2D eigenvalue weighted by Crippen LogP contribution is -2.29. The van der Waals surface area contributed by atoms with Gasteiger partial charge in [-0.3, -0.25) is 9.59 Å². The van der Waals surface area contributed by atoms with Crippen LogP contribution in [0.3, 0.4) is 0 Å². The Morgan fingerprint density at radius 1 is 0.926 bits per heavy atom. The van der Waals surface area contributed by atoms with Crippen molar-refractivity contribution in [2.75, 3.05) is 19.0 Å². The summed E-state index contributed by atoms with van der Waals surface area (Å²) < 4.78 is 46.4. The Morgan fingerprint density at radius 3 is 2.00 bits per heavy atom. The van der Waals surface area contributed by atoms with E-state index in [9.17, 15) is 27.6 Å². The fourth-order valence-electron chi connectivity index (χ4n) is 1.97. The molecule has 0 bridgehead atoms. The van der Waals surface area contributed by atoms with Crippen molar-refractivity contribution in [3.63, 3.8) is 0 Å². The van der Waals surface area contributed by atoms with E-state index in [4.69, 9.17) is 9.47 Å². The SMILES string of the molecule is COc1ccc(C(=O)COC(=O)c2ccc(NC(=O)C(F)(F)F)cc2)cc1. The van der Waals surface area contributed by atoms with Crippen LogP contribution in [0.2, 0.25) is 0 Å². The summed E-state index contributed by atoms with van der Waals surface area (Å²) in [6.07, 6.45) is -5.01. The number of hydrogen-bond acceptors (Lipinski definition) is 5. The molecule has 0 spiro atoms.